The Labute approximate surface area is 113 Å². The van der Waals surface area contributed by atoms with Crippen LogP contribution in [0.2, 0.25) is 0 Å². The molecular formula is C16H19NO2. The lowest BCUT2D eigenvalue weighted by Crippen LogP contribution is -2.21. The number of nitrogens with one attached hydrogen (secondary N) is 1. The molecule has 3 heteroatoms. The molecule has 19 heavy (non-hydrogen) atoms. The van der Waals surface area contributed by atoms with Gasteiger partial charge in [-0.3, -0.25) is 0 Å². The number of fused-ring (bicyclic) bond motifs is 1. The summed E-state index contributed by atoms with van der Waals surface area (Å²) >= 11 is 0. The van der Waals surface area contributed by atoms with Gasteiger partial charge in [0.2, 0.25) is 0 Å². The Hall–Kier alpha value is -1.74. The maximum absolute atomic E-state index is 5.75. The molecule has 0 spiro atoms. The highest BCUT2D eigenvalue weighted by molar-refractivity contribution is 5.43. The van der Waals surface area contributed by atoms with Crippen molar-refractivity contribution in [3.05, 3.63) is 53.5 Å². The fourth-order valence-corrected chi connectivity index (χ4v) is 2.69. The molecule has 0 aliphatic carbocycles. The number of rotatable bonds is 4. The van der Waals surface area contributed by atoms with Crippen molar-refractivity contribution >= 4 is 0 Å². The Kier molecular flexibility index (Phi) is 3.30. The predicted molar refractivity (Wildman–Crippen MR) is 74.5 cm³/mol. The summed E-state index contributed by atoms with van der Waals surface area (Å²) in [6.45, 7) is 5.14. The first-order valence-electron chi connectivity index (χ1n) is 6.83. The first-order valence-corrected chi connectivity index (χ1v) is 6.83. The Morgan fingerprint density at radius 1 is 1.32 bits per heavy atom. The summed E-state index contributed by atoms with van der Waals surface area (Å²) in [5, 5.41) is 3.50. The zero-order valence-electron chi connectivity index (χ0n) is 11.3. The normalized spacial score (nSPS) is 18.9. The highest BCUT2D eigenvalue weighted by atomic mass is 16.5. The van der Waals surface area contributed by atoms with Gasteiger partial charge in [-0.1, -0.05) is 19.1 Å². The zero-order chi connectivity index (χ0) is 13.2. The van der Waals surface area contributed by atoms with Crippen LogP contribution in [-0.2, 0) is 6.42 Å². The van der Waals surface area contributed by atoms with Gasteiger partial charge >= 0.3 is 0 Å². The van der Waals surface area contributed by atoms with Crippen molar-refractivity contribution in [3.63, 3.8) is 0 Å². The van der Waals surface area contributed by atoms with Crippen molar-refractivity contribution < 1.29 is 9.15 Å². The van der Waals surface area contributed by atoms with E-state index in [-0.39, 0.29) is 12.1 Å². The Morgan fingerprint density at radius 3 is 2.95 bits per heavy atom. The van der Waals surface area contributed by atoms with E-state index in [2.05, 4.69) is 37.4 Å². The lowest BCUT2D eigenvalue weighted by molar-refractivity contribution is 0.254. The topological polar surface area (TPSA) is 34.4 Å². The van der Waals surface area contributed by atoms with Gasteiger partial charge in [0.25, 0.3) is 0 Å². The van der Waals surface area contributed by atoms with E-state index in [1.54, 1.807) is 12.5 Å². The lowest BCUT2D eigenvalue weighted by Gasteiger charge is -2.17. The van der Waals surface area contributed by atoms with E-state index in [9.17, 15) is 0 Å². The summed E-state index contributed by atoms with van der Waals surface area (Å²) in [7, 11) is 0. The molecule has 1 aromatic carbocycles. The highest BCUT2D eigenvalue weighted by Gasteiger charge is 2.21. The Morgan fingerprint density at radius 2 is 2.21 bits per heavy atom. The third kappa shape index (κ3) is 2.38. The molecule has 2 atom stereocenters. The molecule has 0 bridgehead atoms. The molecule has 2 unspecified atom stereocenters. The molecule has 0 saturated heterocycles. The second-order valence-electron chi connectivity index (χ2n) is 5.05. The van der Waals surface area contributed by atoms with Crippen LogP contribution in [0.1, 0.15) is 36.6 Å². The van der Waals surface area contributed by atoms with Crippen LogP contribution in [0.5, 0.6) is 5.75 Å². The number of hydrogen-bond acceptors (Lipinski definition) is 3. The molecule has 2 heterocycles. The minimum atomic E-state index is 0.185. The molecule has 1 aliphatic heterocycles. The summed E-state index contributed by atoms with van der Waals surface area (Å²) in [6.07, 6.45) is 4.81. The molecule has 3 rings (SSSR count). The molecule has 0 amide bonds. The van der Waals surface area contributed by atoms with Crippen molar-refractivity contribution in [2.24, 2.45) is 0 Å². The summed E-state index contributed by atoms with van der Waals surface area (Å²) in [6, 6.07) is 8.67. The van der Waals surface area contributed by atoms with Crippen molar-refractivity contribution in [1.29, 1.82) is 0 Å². The molecule has 0 fully saturated rings. The van der Waals surface area contributed by atoms with E-state index in [0.29, 0.717) is 0 Å². The van der Waals surface area contributed by atoms with Crippen LogP contribution in [-0.4, -0.2) is 12.6 Å². The number of hydrogen-bond donors (Lipinski definition) is 1. The minimum Gasteiger partial charge on any atom is -0.490 e. The number of benzene rings is 1. The van der Waals surface area contributed by atoms with Crippen LogP contribution < -0.4 is 10.1 Å². The molecule has 100 valence electrons. The van der Waals surface area contributed by atoms with Gasteiger partial charge in [-0.15, -0.1) is 0 Å². The summed E-state index contributed by atoms with van der Waals surface area (Å²) in [4.78, 5) is 0. The van der Waals surface area contributed by atoms with Gasteiger partial charge in [0, 0.05) is 12.0 Å². The second kappa shape index (κ2) is 5.10. The summed E-state index contributed by atoms with van der Waals surface area (Å²) in [5.74, 6) is 1.03. The standard InChI is InChI=1S/C16H19NO2/c1-3-17-16(13-6-7-18-10-13)12-4-5-15-14(9-12)8-11(2)19-15/h4-7,9-11,16-17H,3,8H2,1-2H3. The van der Waals surface area contributed by atoms with Crippen molar-refractivity contribution in [3.8, 4) is 5.75 Å². The molecule has 0 radical (unpaired) electrons. The van der Waals surface area contributed by atoms with Crippen LogP contribution in [0.15, 0.2) is 41.2 Å². The fourth-order valence-electron chi connectivity index (χ4n) is 2.69. The lowest BCUT2D eigenvalue weighted by atomic mass is 9.98. The van der Waals surface area contributed by atoms with E-state index in [4.69, 9.17) is 9.15 Å². The van der Waals surface area contributed by atoms with E-state index >= 15 is 0 Å². The van der Waals surface area contributed by atoms with E-state index in [1.807, 2.05) is 6.07 Å². The van der Waals surface area contributed by atoms with Gasteiger partial charge in [-0.2, -0.15) is 0 Å². The van der Waals surface area contributed by atoms with Gasteiger partial charge in [0.1, 0.15) is 11.9 Å². The fraction of sp³-hybridized carbons (Fsp3) is 0.375. The van der Waals surface area contributed by atoms with Gasteiger partial charge in [0.05, 0.1) is 18.6 Å². The number of ether oxygens (including phenoxy) is 1. The predicted octanol–water partition coefficient (Wildman–Crippen LogP) is 3.30. The molecular weight excluding hydrogens is 238 g/mol. The Bertz CT molecular complexity index is 548. The van der Waals surface area contributed by atoms with Crippen LogP contribution >= 0.6 is 0 Å². The molecule has 3 nitrogen and oxygen atoms in total. The third-order valence-electron chi connectivity index (χ3n) is 3.54. The monoisotopic (exact) mass is 257 g/mol. The first kappa shape index (κ1) is 12.3. The van der Waals surface area contributed by atoms with Crippen LogP contribution in [0, 0.1) is 0 Å². The van der Waals surface area contributed by atoms with Crippen molar-refractivity contribution in [2.75, 3.05) is 6.54 Å². The second-order valence-corrected chi connectivity index (χ2v) is 5.05. The van der Waals surface area contributed by atoms with Crippen molar-refractivity contribution in [2.45, 2.75) is 32.4 Å². The average molecular weight is 257 g/mol. The van der Waals surface area contributed by atoms with Crippen LogP contribution in [0.3, 0.4) is 0 Å². The van der Waals surface area contributed by atoms with E-state index in [0.717, 1.165) is 24.3 Å². The summed E-state index contributed by atoms with van der Waals surface area (Å²) < 4.78 is 11.0. The molecule has 1 aliphatic rings. The smallest absolute Gasteiger partial charge is 0.123 e. The average Bonchev–Trinajstić information content (AvgIpc) is 3.02. The van der Waals surface area contributed by atoms with Gasteiger partial charge in [-0.25, -0.2) is 0 Å². The highest BCUT2D eigenvalue weighted by Crippen LogP contribution is 2.32. The molecule has 1 N–H and O–H groups in total. The van der Waals surface area contributed by atoms with E-state index < -0.39 is 0 Å². The Balaban J connectivity index is 1.93. The zero-order valence-corrected chi connectivity index (χ0v) is 11.3. The van der Waals surface area contributed by atoms with Gasteiger partial charge in [-0.05, 0) is 36.7 Å². The maximum Gasteiger partial charge on any atom is 0.123 e. The van der Waals surface area contributed by atoms with Gasteiger partial charge in [0.15, 0.2) is 0 Å². The third-order valence-corrected chi connectivity index (χ3v) is 3.54. The van der Waals surface area contributed by atoms with Gasteiger partial charge < -0.3 is 14.5 Å². The van der Waals surface area contributed by atoms with Crippen molar-refractivity contribution in [1.82, 2.24) is 5.32 Å². The molecule has 0 saturated carbocycles. The quantitative estimate of drug-likeness (QED) is 0.912. The van der Waals surface area contributed by atoms with Crippen LogP contribution in [0.25, 0.3) is 0 Å². The van der Waals surface area contributed by atoms with Crippen LogP contribution in [0.4, 0.5) is 0 Å². The minimum absolute atomic E-state index is 0.185. The molecule has 1 aromatic heterocycles. The largest absolute Gasteiger partial charge is 0.490 e. The van der Waals surface area contributed by atoms with E-state index in [1.165, 1.54) is 11.1 Å². The number of furan rings is 1. The summed E-state index contributed by atoms with van der Waals surface area (Å²) in [5.41, 5.74) is 3.73. The maximum atomic E-state index is 5.75. The molecule has 2 aromatic rings. The SMILES string of the molecule is CCNC(c1ccoc1)c1ccc2c(c1)CC(C)O2. The first-order chi connectivity index (χ1) is 9.28.